The van der Waals surface area contributed by atoms with Gasteiger partial charge in [0.2, 0.25) is 0 Å². The predicted octanol–water partition coefficient (Wildman–Crippen LogP) is 0.149. The molecule has 0 aliphatic carbocycles. The summed E-state index contributed by atoms with van der Waals surface area (Å²) >= 11 is 0. The van der Waals surface area contributed by atoms with Gasteiger partial charge in [0.25, 0.3) is 0 Å². The Morgan fingerprint density at radius 3 is 2.62 bits per heavy atom. The highest BCUT2D eigenvalue weighted by atomic mass is 32.3. The maximum Gasteiger partial charge on any atom is 0.333 e. The summed E-state index contributed by atoms with van der Waals surface area (Å²) < 4.78 is 34.2. The second-order valence-electron chi connectivity index (χ2n) is 3.55. The molecule has 0 aromatic carbocycles. The summed E-state index contributed by atoms with van der Waals surface area (Å²) in [5.74, 6) is 0. The van der Waals surface area contributed by atoms with Crippen LogP contribution in [0.2, 0.25) is 0 Å². The summed E-state index contributed by atoms with van der Waals surface area (Å²) in [6, 6.07) is 1.31. The molecule has 88 valence electrons. The molecular weight excluding hydrogens is 233 g/mol. The van der Waals surface area contributed by atoms with Crippen LogP contribution in [0.4, 0.5) is 9.57 Å². The van der Waals surface area contributed by atoms with Crippen LogP contribution in [0.3, 0.4) is 0 Å². The number of nitrogens with zero attached hydrogens (tertiary/aromatic N) is 2. The zero-order chi connectivity index (χ0) is 11.6. The van der Waals surface area contributed by atoms with Gasteiger partial charge in [-0.25, -0.2) is 0 Å². The topological polar surface area (TPSA) is 62.3 Å². The summed E-state index contributed by atoms with van der Waals surface area (Å²) in [7, 11) is -4.67. The standard InChI is InChI=1S/C9H12FN3O2S/c10-16(14,15)9-5-8(6-12-7-9)13-3-1-11-2-4-13/h5-7,11H,1-4H2. The van der Waals surface area contributed by atoms with Gasteiger partial charge < -0.3 is 10.2 Å². The largest absolute Gasteiger partial charge is 0.368 e. The van der Waals surface area contributed by atoms with Gasteiger partial charge >= 0.3 is 10.2 Å². The van der Waals surface area contributed by atoms with Crippen molar-refractivity contribution < 1.29 is 12.3 Å². The lowest BCUT2D eigenvalue weighted by Gasteiger charge is -2.29. The van der Waals surface area contributed by atoms with E-state index in [4.69, 9.17) is 0 Å². The molecule has 0 bridgehead atoms. The van der Waals surface area contributed by atoms with Crippen molar-refractivity contribution >= 4 is 15.9 Å². The van der Waals surface area contributed by atoms with Crippen LogP contribution in [0, 0.1) is 0 Å². The first-order valence-corrected chi connectivity index (χ1v) is 6.31. The highest BCUT2D eigenvalue weighted by Crippen LogP contribution is 2.19. The van der Waals surface area contributed by atoms with Gasteiger partial charge in [0.15, 0.2) is 0 Å². The van der Waals surface area contributed by atoms with Crippen molar-refractivity contribution in [2.45, 2.75) is 4.90 Å². The molecule has 0 atom stereocenters. The third-order valence-corrected chi connectivity index (χ3v) is 3.25. The van der Waals surface area contributed by atoms with Gasteiger partial charge in [-0.2, -0.15) is 8.42 Å². The Morgan fingerprint density at radius 1 is 1.31 bits per heavy atom. The Hall–Kier alpha value is -1.21. The van der Waals surface area contributed by atoms with Crippen molar-refractivity contribution in [1.82, 2.24) is 10.3 Å². The van der Waals surface area contributed by atoms with Crippen LogP contribution in [0.5, 0.6) is 0 Å². The zero-order valence-electron chi connectivity index (χ0n) is 8.56. The van der Waals surface area contributed by atoms with Gasteiger partial charge in [0.1, 0.15) is 4.90 Å². The Labute approximate surface area is 93.5 Å². The molecule has 1 fully saturated rings. The number of aromatic nitrogens is 1. The first kappa shape index (κ1) is 11.3. The fraction of sp³-hybridized carbons (Fsp3) is 0.444. The minimum absolute atomic E-state index is 0.386. The second-order valence-corrected chi connectivity index (χ2v) is 4.90. The quantitative estimate of drug-likeness (QED) is 0.751. The number of nitrogens with one attached hydrogen (secondary N) is 1. The van der Waals surface area contributed by atoms with Crippen molar-refractivity contribution in [1.29, 1.82) is 0 Å². The van der Waals surface area contributed by atoms with E-state index in [1.54, 1.807) is 6.20 Å². The van der Waals surface area contributed by atoms with E-state index < -0.39 is 10.2 Å². The molecule has 0 saturated carbocycles. The number of halogens is 1. The van der Waals surface area contributed by atoms with Crippen LogP contribution in [0.1, 0.15) is 0 Å². The highest BCUT2D eigenvalue weighted by Gasteiger charge is 2.16. The number of pyridine rings is 1. The van der Waals surface area contributed by atoms with Gasteiger partial charge in [-0.15, -0.1) is 3.89 Å². The Bertz CT molecular complexity index is 471. The molecule has 1 aromatic heterocycles. The lowest BCUT2D eigenvalue weighted by atomic mass is 10.3. The summed E-state index contributed by atoms with van der Waals surface area (Å²) in [5.41, 5.74) is 0.639. The molecule has 2 rings (SSSR count). The fourth-order valence-corrected chi connectivity index (χ4v) is 2.08. The summed E-state index contributed by atoms with van der Waals surface area (Å²) in [6.07, 6.45) is 2.56. The molecule has 1 saturated heterocycles. The average Bonchev–Trinajstić information content (AvgIpc) is 2.29. The smallest absolute Gasteiger partial charge is 0.333 e. The van der Waals surface area contributed by atoms with E-state index in [0.29, 0.717) is 5.69 Å². The van der Waals surface area contributed by atoms with Crippen molar-refractivity contribution in [3.63, 3.8) is 0 Å². The normalized spacial score (nSPS) is 17.4. The molecule has 0 unspecified atom stereocenters. The molecule has 0 radical (unpaired) electrons. The SMILES string of the molecule is O=S(=O)(F)c1cncc(N2CCNCC2)c1. The van der Waals surface area contributed by atoms with E-state index >= 15 is 0 Å². The number of piperazine rings is 1. The van der Waals surface area contributed by atoms with E-state index in [1.807, 2.05) is 4.90 Å². The van der Waals surface area contributed by atoms with Gasteiger partial charge in [-0.3, -0.25) is 4.98 Å². The maximum absolute atomic E-state index is 12.8. The van der Waals surface area contributed by atoms with Crippen LogP contribution in [0.25, 0.3) is 0 Å². The van der Waals surface area contributed by atoms with E-state index in [1.165, 1.54) is 6.07 Å². The van der Waals surface area contributed by atoms with E-state index in [-0.39, 0.29) is 4.90 Å². The molecule has 1 aliphatic heterocycles. The van der Waals surface area contributed by atoms with E-state index in [0.717, 1.165) is 32.4 Å². The molecule has 16 heavy (non-hydrogen) atoms. The maximum atomic E-state index is 12.8. The number of hydrogen-bond acceptors (Lipinski definition) is 5. The number of rotatable bonds is 2. The van der Waals surface area contributed by atoms with Gasteiger partial charge in [0.05, 0.1) is 11.9 Å². The molecule has 1 N–H and O–H groups in total. The van der Waals surface area contributed by atoms with E-state index in [9.17, 15) is 12.3 Å². The third-order valence-electron chi connectivity index (χ3n) is 2.46. The van der Waals surface area contributed by atoms with Gasteiger partial charge in [-0.1, -0.05) is 0 Å². The van der Waals surface area contributed by atoms with Crippen molar-refractivity contribution in [2.75, 3.05) is 31.1 Å². The first-order valence-electron chi connectivity index (χ1n) is 4.93. The fourth-order valence-electron chi connectivity index (χ4n) is 1.64. The van der Waals surface area contributed by atoms with Crippen LogP contribution in [0.15, 0.2) is 23.4 Å². The predicted molar refractivity (Wildman–Crippen MR) is 57.6 cm³/mol. The van der Waals surface area contributed by atoms with Crippen LogP contribution in [-0.4, -0.2) is 39.6 Å². The second kappa shape index (κ2) is 4.34. The third kappa shape index (κ3) is 2.48. The Balaban J connectivity index is 2.28. The van der Waals surface area contributed by atoms with Gasteiger partial charge in [0, 0.05) is 32.4 Å². The Kier molecular flexibility index (Phi) is 3.06. The minimum atomic E-state index is -4.67. The molecule has 5 nitrogen and oxygen atoms in total. The lowest BCUT2D eigenvalue weighted by molar-refractivity contribution is 0.551. The van der Waals surface area contributed by atoms with Crippen LogP contribution in [-0.2, 0) is 10.2 Å². The monoisotopic (exact) mass is 245 g/mol. The average molecular weight is 245 g/mol. The highest BCUT2D eigenvalue weighted by molar-refractivity contribution is 7.86. The van der Waals surface area contributed by atoms with E-state index in [2.05, 4.69) is 10.3 Å². The Morgan fingerprint density at radius 2 is 2.00 bits per heavy atom. The van der Waals surface area contributed by atoms with Crippen molar-refractivity contribution in [3.05, 3.63) is 18.5 Å². The van der Waals surface area contributed by atoms with Crippen molar-refractivity contribution in [3.8, 4) is 0 Å². The van der Waals surface area contributed by atoms with Crippen LogP contribution < -0.4 is 10.2 Å². The first-order chi connectivity index (χ1) is 7.57. The molecular formula is C9H12FN3O2S. The summed E-state index contributed by atoms with van der Waals surface area (Å²) in [6.45, 7) is 3.17. The van der Waals surface area contributed by atoms with Gasteiger partial charge in [-0.05, 0) is 6.07 Å². The summed E-state index contributed by atoms with van der Waals surface area (Å²) in [4.78, 5) is 5.33. The molecule has 2 heterocycles. The van der Waals surface area contributed by atoms with Crippen LogP contribution >= 0.6 is 0 Å². The molecule has 1 aliphatic rings. The molecule has 0 spiro atoms. The number of hydrogen-bond donors (Lipinski definition) is 1. The number of anilines is 1. The molecule has 0 amide bonds. The lowest BCUT2D eigenvalue weighted by Crippen LogP contribution is -2.43. The molecule has 1 aromatic rings. The minimum Gasteiger partial charge on any atom is -0.368 e. The zero-order valence-corrected chi connectivity index (χ0v) is 9.37. The molecule has 7 heteroatoms. The summed E-state index contributed by atoms with van der Waals surface area (Å²) in [5, 5.41) is 3.17. The van der Waals surface area contributed by atoms with Crippen molar-refractivity contribution in [2.24, 2.45) is 0 Å².